The first kappa shape index (κ1) is 14.6. The van der Waals surface area contributed by atoms with E-state index >= 15 is 0 Å². The van der Waals surface area contributed by atoms with Crippen molar-refractivity contribution in [2.45, 2.75) is 0 Å². The van der Waals surface area contributed by atoms with E-state index in [0.29, 0.717) is 28.6 Å². The zero-order chi connectivity index (χ0) is 15.2. The Labute approximate surface area is 123 Å². The van der Waals surface area contributed by atoms with Crippen LogP contribution in [0.15, 0.2) is 36.5 Å². The van der Waals surface area contributed by atoms with E-state index in [2.05, 4.69) is 15.6 Å². The molecule has 1 aromatic carbocycles. The zero-order valence-electron chi connectivity index (χ0n) is 12.1. The third-order valence-electron chi connectivity index (χ3n) is 2.94. The minimum Gasteiger partial charge on any atom is -0.497 e. The maximum atomic E-state index is 12.2. The summed E-state index contributed by atoms with van der Waals surface area (Å²) in [5.74, 6) is 1.63. The van der Waals surface area contributed by atoms with E-state index in [0.717, 1.165) is 0 Å². The molecule has 2 rings (SSSR count). The van der Waals surface area contributed by atoms with Gasteiger partial charge in [-0.3, -0.25) is 4.79 Å². The minimum absolute atomic E-state index is 0.256. The molecule has 0 unspecified atom stereocenters. The minimum atomic E-state index is -0.256. The second kappa shape index (κ2) is 6.60. The van der Waals surface area contributed by atoms with E-state index < -0.39 is 0 Å². The van der Waals surface area contributed by atoms with Gasteiger partial charge in [-0.05, 0) is 24.3 Å². The quantitative estimate of drug-likeness (QED) is 0.883. The van der Waals surface area contributed by atoms with Gasteiger partial charge in [-0.25, -0.2) is 4.98 Å². The maximum absolute atomic E-state index is 12.2. The number of nitrogens with zero attached hydrogens (tertiary/aromatic N) is 1. The number of hydrogen-bond acceptors (Lipinski definition) is 5. The molecule has 0 saturated carbocycles. The first-order chi connectivity index (χ1) is 10.2. The van der Waals surface area contributed by atoms with Gasteiger partial charge < -0.3 is 20.1 Å². The van der Waals surface area contributed by atoms with Gasteiger partial charge in [0.2, 0.25) is 0 Å². The van der Waals surface area contributed by atoms with Crippen molar-refractivity contribution in [2.75, 3.05) is 31.9 Å². The molecule has 0 radical (unpaired) electrons. The number of ether oxygens (including phenoxy) is 2. The highest BCUT2D eigenvalue weighted by Crippen LogP contribution is 2.29. The lowest BCUT2D eigenvalue weighted by Crippen LogP contribution is -2.13. The molecule has 0 aliphatic heterocycles. The van der Waals surface area contributed by atoms with Crippen LogP contribution in [-0.4, -0.2) is 32.2 Å². The van der Waals surface area contributed by atoms with Crippen molar-refractivity contribution in [3.8, 4) is 11.5 Å². The molecule has 0 saturated heterocycles. The van der Waals surface area contributed by atoms with Gasteiger partial charge in [-0.2, -0.15) is 0 Å². The van der Waals surface area contributed by atoms with Gasteiger partial charge in [0.05, 0.1) is 25.5 Å². The van der Waals surface area contributed by atoms with Crippen LogP contribution in [0, 0.1) is 0 Å². The van der Waals surface area contributed by atoms with Crippen LogP contribution in [-0.2, 0) is 0 Å². The molecule has 0 spiro atoms. The number of nitrogens with one attached hydrogen (secondary N) is 2. The number of carbonyl (C=O) groups excluding carboxylic acids is 1. The molecule has 0 aliphatic carbocycles. The summed E-state index contributed by atoms with van der Waals surface area (Å²) >= 11 is 0. The van der Waals surface area contributed by atoms with E-state index in [9.17, 15) is 4.79 Å². The number of amides is 1. The van der Waals surface area contributed by atoms with Crippen LogP contribution < -0.4 is 20.1 Å². The van der Waals surface area contributed by atoms with Crippen LogP contribution in [0.5, 0.6) is 11.5 Å². The van der Waals surface area contributed by atoms with E-state index in [1.165, 1.54) is 13.3 Å². The van der Waals surface area contributed by atoms with Gasteiger partial charge in [0.1, 0.15) is 17.3 Å². The molecule has 1 amide bonds. The van der Waals surface area contributed by atoms with Crippen LogP contribution in [0.1, 0.15) is 10.4 Å². The van der Waals surface area contributed by atoms with Crippen molar-refractivity contribution in [1.29, 1.82) is 0 Å². The molecule has 0 bridgehead atoms. The van der Waals surface area contributed by atoms with Crippen LogP contribution >= 0.6 is 0 Å². The fraction of sp³-hybridized carbons (Fsp3) is 0.200. The van der Waals surface area contributed by atoms with Crippen molar-refractivity contribution >= 4 is 17.4 Å². The zero-order valence-corrected chi connectivity index (χ0v) is 12.1. The van der Waals surface area contributed by atoms with Crippen molar-refractivity contribution in [3.63, 3.8) is 0 Å². The molecular formula is C15H17N3O3. The van der Waals surface area contributed by atoms with Crippen molar-refractivity contribution in [3.05, 3.63) is 42.1 Å². The number of hydrogen-bond donors (Lipinski definition) is 2. The van der Waals surface area contributed by atoms with Crippen molar-refractivity contribution in [2.24, 2.45) is 0 Å². The summed E-state index contributed by atoms with van der Waals surface area (Å²) < 4.78 is 10.4. The molecule has 6 heteroatoms. The first-order valence-corrected chi connectivity index (χ1v) is 6.35. The number of rotatable bonds is 5. The number of benzene rings is 1. The second-order valence-electron chi connectivity index (χ2n) is 4.20. The van der Waals surface area contributed by atoms with Crippen LogP contribution in [0.3, 0.4) is 0 Å². The Morgan fingerprint density at radius 1 is 1.14 bits per heavy atom. The van der Waals surface area contributed by atoms with Gasteiger partial charge in [-0.15, -0.1) is 0 Å². The van der Waals surface area contributed by atoms with Crippen LogP contribution in [0.4, 0.5) is 11.5 Å². The number of pyridine rings is 1. The lowest BCUT2D eigenvalue weighted by molar-refractivity contribution is 0.102. The Balaban J connectivity index is 2.18. The fourth-order valence-corrected chi connectivity index (χ4v) is 1.77. The molecule has 0 atom stereocenters. The largest absolute Gasteiger partial charge is 0.497 e. The fourth-order valence-electron chi connectivity index (χ4n) is 1.77. The molecule has 6 nitrogen and oxygen atoms in total. The number of aromatic nitrogens is 1. The van der Waals surface area contributed by atoms with Crippen LogP contribution in [0.25, 0.3) is 0 Å². The number of carbonyl (C=O) groups is 1. The summed E-state index contributed by atoms with van der Waals surface area (Å²) in [5, 5.41) is 5.68. The summed E-state index contributed by atoms with van der Waals surface area (Å²) in [6.45, 7) is 0. The number of methoxy groups -OCH3 is 2. The van der Waals surface area contributed by atoms with Crippen molar-refractivity contribution in [1.82, 2.24) is 4.98 Å². The Bertz CT molecular complexity index is 627. The Morgan fingerprint density at radius 3 is 2.52 bits per heavy atom. The Hall–Kier alpha value is -2.76. The monoisotopic (exact) mass is 287 g/mol. The molecule has 21 heavy (non-hydrogen) atoms. The van der Waals surface area contributed by atoms with E-state index in [-0.39, 0.29) is 5.91 Å². The number of anilines is 2. The SMILES string of the molecule is CNc1ccc(C(=O)Nc2ccc(OC)cc2OC)cn1. The molecule has 0 fully saturated rings. The van der Waals surface area contributed by atoms with E-state index in [1.54, 1.807) is 44.5 Å². The summed E-state index contributed by atoms with van der Waals surface area (Å²) in [6, 6.07) is 8.62. The normalized spacial score (nSPS) is 9.86. The first-order valence-electron chi connectivity index (χ1n) is 6.35. The highest BCUT2D eigenvalue weighted by atomic mass is 16.5. The molecule has 1 aromatic heterocycles. The molecule has 0 aliphatic rings. The lowest BCUT2D eigenvalue weighted by atomic mass is 10.2. The van der Waals surface area contributed by atoms with Gasteiger partial charge >= 0.3 is 0 Å². The molecular weight excluding hydrogens is 270 g/mol. The van der Waals surface area contributed by atoms with E-state index in [4.69, 9.17) is 9.47 Å². The Kier molecular flexibility index (Phi) is 4.61. The van der Waals surface area contributed by atoms with Crippen LogP contribution in [0.2, 0.25) is 0 Å². The summed E-state index contributed by atoms with van der Waals surface area (Å²) in [7, 11) is 4.88. The second-order valence-corrected chi connectivity index (χ2v) is 4.20. The highest BCUT2D eigenvalue weighted by Gasteiger charge is 2.11. The van der Waals surface area contributed by atoms with Gasteiger partial charge in [0.15, 0.2) is 0 Å². The molecule has 2 N–H and O–H groups in total. The maximum Gasteiger partial charge on any atom is 0.257 e. The predicted molar refractivity (Wildman–Crippen MR) is 81.3 cm³/mol. The summed E-state index contributed by atoms with van der Waals surface area (Å²) in [6.07, 6.45) is 1.51. The molecule has 2 aromatic rings. The van der Waals surface area contributed by atoms with E-state index in [1.807, 2.05) is 0 Å². The summed E-state index contributed by atoms with van der Waals surface area (Å²) in [4.78, 5) is 16.3. The molecule has 1 heterocycles. The highest BCUT2D eigenvalue weighted by molar-refractivity contribution is 6.05. The summed E-state index contributed by atoms with van der Waals surface area (Å²) in [5.41, 5.74) is 1.04. The smallest absolute Gasteiger partial charge is 0.257 e. The standard InChI is InChI=1S/C15H17N3O3/c1-16-14-7-4-10(9-17-14)15(19)18-12-6-5-11(20-2)8-13(12)21-3/h4-9H,1-3H3,(H,16,17)(H,18,19). The average molecular weight is 287 g/mol. The van der Waals surface area contributed by atoms with Gasteiger partial charge in [0, 0.05) is 19.3 Å². The Morgan fingerprint density at radius 2 is 1.95 bits per heavy atom. The average Bonchev–Trinajstić information content (AvgIpc) is 2.55. The van der Waals surface area contributed by atoms with Gasteiger partial charge in [-0.1, -0.05) is 0 Å². The predicted octanol–water partition coefficient (Wildman–Crippen LogP) is 2.39. The third kappa shape index (κ3) is 3.42. The van der Waals surface area contributed by atoms with Crippen molar-refractivity contribution < 1.29 is 14.3 Å². The topological polar surface area (TPSA) is 72.5 Å². The molecule has 110 valence electrons. The third-order valence-corrected chi connectivity index (χ3v) is 2.94. The lowest BCUT2D eigenvalue weighted by Gasteiger charge is -2.11. The van der Waals surface area contributed by atoms with Gasteiger partial charge in [0.25, 0.3) is 5.91 Å².